The van der Waals surface area contributed by atoms with Crippen molar-refractivity contribution in [2.45, 2.75) is 82.6 Å². The molecule has 0 aromatic heterocycles. The van der Waals surface area contributed by atoms with E-state index in [0.29, 0.717) is 24.2 Å². The Morgan fingerprint density at radius 3 is 2.38 bits per heavy atom. The van der Waals surface area contributed by atoms with Crippen molar-refractivity contribution in [2.24, 2.45) is 0 Å². The van der Waals surface area contributed by atoms with Crippen LogP contribution in [0.25, 0.3) is 0 Å². The summed E-state index contributed by atoms with van der Waals surface area (Å²) in [6, 6.07) is 19.2. The predicted molar refractivity (Wildman–Crippen MR) is 150 cm³/mol. The number of carbonyl (C=O) groups is 1. The van der Waals surface area contributed by atoms with Gasteiger partial charge in [0.25, 0.3) is 5.91 Å². The van der Waals surface area contributed by atoms with Crippen molar-refractivity contribution in [1.82, 2.24) is 14.7 Å². The number of hydrogen-bond acceptors (Lipinski definition) is 4. The van der Waals surface area contributed by atoms with E-state index >= 15 is 0 Å². The molecule has 5 rings (SSSR count). The second-order valence-corrected chi connectivity index (χ2v) is 11.2. The zero-order valence-electron chi connectivity index (χ0n) is 22.8. The molecule has 3 heterocycles. The maximum absolute atomic E-state index is 13.0. The van der Waals surface area contributed by atoms with Crippen LogP contribution in [-0.2, 0) is 0 Å². The highest BCUT2D eigenvalue weighted by Gasteiger charge is 2.45. The predicted octanol–water partition coefficient (Wildman–Crippen LogP) is 5.91. The van der Waals surface area contributed by atoms with Gasteiger partial charge in [-0.15, -0.1) is 6.58 Å². The van der Waals surface area contributed by atoms with Gasteiger partial charge in [0, 0.05) is 49.4 Å². The molecule has 1 amide bonds. The number of amides is 1. The monoisotopic (exact) mass is 501 g/mol. The number of carbonyl (C=O) groups excluding carboxylic acids is 1. The largest absolute Gasteiger partial charge is 0.497 e. The summed E-state index contributed by atoms with van der Waals surface area (Å²) < 4.78 is 5.64. The minimum atomic E-state index is 0.104. The van der Waals surface area contributed by atoms with Gasteiger partial charge in [-0.2, -0.15) is 0 Å². The molecule has 198 valence electrons. The molecule has 5 unspecified atom stereocenters. The molecule has 3 aliphatic heterocycles. The molecule has 2 aromatic carbocycles. The summed E-state index contributed by atoms with van der Waals surface area (Å²) >= 11 is 0. The highest BCUT2D eigenvalue weighted by atomic mass is 16.5. The average molecular weight is 502 g/mol. The Morgan fingerprint density at radius 1 is 0.973 bits per heavy atom. The lowest BCUT2D eigenvalue weighted by Crippen LogP contribution is -2.63. The number of likely N-dealkylation sites (tertiary alicyclic amines) is 3. The Morgan fingerprint density at radius 2 is 1.68 bits per heavy atom. The van der Waals surface area contributed by atoms with E-state index in [1.807, 2.05) is 23.1 Å². The zero-order chi connectivity index (χ0) is 25.9. The Labute approximate surface area is 223 Å². The van der Waals surface area contributed by atoms with Crippen molar-refractivity contribution >= 4 is 5.91 Å². The van der Waals surface area contributed by atoms with E-state index in [2.05, 4.69) is 66.6 Å². The zero-order valence-corrected chi connectivity index (χ0v) is 22.8. The van der Waals surface area contributed by atoms with Crippen LogP contribution < -0.4 is 4.74 Å². The third-order valence-corrected chi connectivity index (χ3v) is 9.00. The molecule has 0 bridgehead atoms. The van der Waals surface area contributed by atoms with Crippen LogP contribution in [-0.4, -0.2) is 71.5 Å². The lowest BCUT2D eigenvalue weighted by Gasteiger charge is -2.56. The molecule has 37 heavy (non-hydrogen) atoms. The number of fused-ring (bicyclic) bond motifs is 1. The second kappa shape index (κ2) is 11.4. The van der Waals surface area contributed by atoms with Gasteiger partial charge in [-0.3, -0.25) is 14.6 Å². The molecule has 0 spiro atoms. The van der Waals surface area contributed by atoms with Crippen molar-refractivity contribution in [3.05, 3.63) is 77.9 Å². The van der Waals surface area contributed by atoms with Gasteiger partial charge in [0.15, 0.2) is 0 Å². The molecule has 0 aliphatic carbocycles. The highest BCUT2D eigenvalue weighted by Crippen LogP contribution is 2.43. The molecular formula is C32H43N3O2. The molecule has 3 fully saturated rings. The summed E-state index contributed by atoms with van der Waals surface area (Å²) in [7, 11) is 1.74. The lowest BCUT2D eigenvalue weighted by atomic mass is 9.79. The maximum atomic E-state index is 13.0. The van der Waals surface area contributed by atoms with Gasteiger partial charge in [-0.25, -0.2) is 0 Å². The highest BCUT2D eigenvalue weighted by molar-refractivity contribution is 5.94. The number of nitrogens with zero attached hydrogens (tertiary/aromatic N) is 3. The van der Waals surface area contributed by atoms with Crippen LogP contribution >= 0.6 is 0 Å². The summed E-state index contributed by atoms with van der Waals surface area (Å²) in [6.07, 6.45) is 9.10. The van der Waals surface area contributed by atoms with E-state index in [0.717, 1.165) is 43.8 Å². The molecule has 5 nitrogen and oxygen atoms in total. The van der Waals surface area contributed by atoms with E-state index in [1.54, 1.807) is 7.11 Å². The first-order chi connectivity index (χ1) is 18.0. The van der Waals surface area contributed by atoms with Crippen molar-refractivity contribution in [3.8, 4) is 5.75 Å². The Kier molecular flexibility index (Phi) is 8.01. The molecule has 0 N–H and O–H groups in total. The first kappa shape index (κ1) is 26.0. The van der Waals surface area contributed by atoms with Crippen LogP contribution in [0.2, 0.25) is 0 Å². The minimum absolute atomic E-state index is 0.104. The fourth-order valence-electron chi connectivity index (χ4n) is 7.08. The lowest BCUT2D eigenvalue weighted by molar-refractivity contribution is -0.0499. The standard InChI is InChI=1S/C32H43N3O2/c1-5-19-34-23(2)11-18-30-29(34)17-12-24(3)35(30)31(27-9-8-10-28(22-27)37-4)25-13-15-26(16-14-25)32(36)33-20-6-7-21-33/h5,8-10,13-16,22-24,29-31H,1,6-7,11-12,17-21H2,2-4H3. The van der Waals surface area contributed by atoms with Crippen LogP contribution in [0.1, 0.15) is 79.9 Å². The van der Waals surface area contributed by atoms with E-state index in [9.17, 15) is 4.79 Å². The maximum Gasteiger partial charge on any atom is 0.253 e. The van der Waals surface area contributed by atoms with Crippen LogP contribution in [0.3, 0.4) is 0 Å². The van der Waals surface area contributed by atoms with Gasteiger partial charge < -0.3 is 9.64 Å². The Hall–Kier alpha value is -2.63. The molecule has 3 saturated heterocycles. The normalized spacial score (nSPS) is 27.5. The van der Waals surface area contributed by atoms with Gasteiger partial charge in [0.05, 0.1) is 13.2 Å². The Bertz CT molecular complexity index is 1080. The van der Waals surface area contributed by atoms with Crippen molar-refractivity contribution < 1.29 is 9.53 Å². The third-order valence-electron chi connectivity index (χ3n) is 9.00. The molecule has 0 saturated carbocycles. The molecule has 3 aliphatic rings. The van der Waals surface area contributed by atoms with Gasteiger partial charge in [-0.05, 0) is 87.8 Å². The van der Waals surface area contributed by atoms with Crippen molar-refractivity contribution in [3.63, 3.8) is 0 Å². The van der Waals surface area contributed by atoms with Gasteiger partial charge in [0.2, 0.25) is 0 Å². The van der Waals surface area contributed by atoms with Gasteiger partial charge >= 0.3 is 0 Å². The van der Waals surface area contributed by atoms with Crippen molar-refractivity contribution in [2.75, 3.05) is 26.7 Å². The smallest absolute Gasteiger partial charge is 0.253 e. The summed E-state index contributed by atoms with van der Waals surface area (Å²) in [5.74, 6) is 1.05. The number of piperidine rings is 2. The molecular weight excluding hydrogens is 458 g/mol. The van der Waals surface area contributed by atoms with Crippen LogP contribution in [0.4, 0.5) is 0 Å². The minimum Gasteiger partial charge on any atom is -0.497 e. The third kappa shape index (κ3) is 5.21. The fraction of sp³-hybridized carbons (Fsp3) is 0.531. The first-order valence-corrected chi connectivity index (χ1v) is 14.2. The number of hydrogen-bond donors (Lipinski definition) is 0. The van der Waals surface area contributed by atoms with Crippen molar-refractivity contribution in [1.29, 1.82) is 0 Å². The van der Waals surface area contributed by atoms with Crippen LogP contribution in [0.15, 0.2) is 61.2 Å². The summed E-state index contributed by atoms with van der Waals surface area (Å²) in [5, 5.41) is 0. The SMILES string of the molecule is C=CCN1C(C)CCC2C1CCC(C)N2C(c1ccc(C(=O)N2CCCC2)cc1)c1cccc(OC)c1. The fourth-order valence-corrected chi connectivity index (χ4v) is 7.08. The summed E-state index contributed by atoms with van der Waals surface area (Å²) in [5.41, 5.74) is 3.29. The van der Waals surface area contributed by atoms with E-state index < -0.39 is 0 Å². The molecule has 2 aromatic rings. The first-order valence-electron chi connectivity index (χ1n) is 14.2. The quantitative estimate of drug-likeness (QED) is 0.442. The van der Waals surface area contributed by atoms with Crippen LogP contribution in [0, 0.1) is 0 Å². The van der Waals surface area contributed by atoms with E-state index in [4.69, 9.17) is 4.74 Å². The Balaban J connectivity index is 1.53. The molecule has 0 radical (unpaired) electrons. The molecule has 5 heteroatoms. The van der Waals surface area contributed by atoms with E-state index in [1.165, 1.54) is 36.8 Å². The summed E-state index contributed by atoms with van der Waals surface area (Å²) in [6.45, 7) is 11.5. The number of ether oxygens (including phenoxy) is 1. The van der Waals surface area contributed by atoms with Gasteiger partial charge in [0.1, 0.15) is 5.75 Å². The van der Waals surface area contributed by atoms with Crippen LogP contribution in [0.5, 0.6) is 5.75 Å². The second-order valence-electron chi connectivity index (χ2n) is 11.2. The van der Waals surface area contributed by atoms with Gasteiger partial charge in [-0.1, -0.05) is 30.3 Å². The molecule has 5 atom stereocenters. The van der Waals surface area contributed by atoms with E-state index in [-0.39, 0.29) is 11.9 Å². The number of methoxy groups -OCH3 is 1. The number of benzene rings is 2. The average Bonchev–Trinajstić information content (AvgIpc) is 3.47. The number of rotatable bonds is 7. The topological polar surface area (TPSA) is 36.0 Å². The summed E-state index contributed by atoms with van der Waals surface area (Å²) in [4.78, 5) is 20.5.